The van der Waals surface area contributed by atoms with Crippen molar-refractivity contribution in [2.45, 2.75) is 39.5 Å². The molecule has 1 fully saturated rings. The molecule has 0 spiro atoms. The van der Waals surface area contributed by atoms with Gasteiger partial charge in [0.1, 0.15) is 17.5 Å². The van der Waals surface area contributed by atoms with Crippen molar-refractivity contribution in [3.05, 3.63) is 11.4 Å². The van der Waals surface area contributed by atoms with Crippen molar-refractivity contribution < 1.29 is 0 Å². The first-order valence-electron chi connectivity index (χ1n) is 8.02. The van der Waals surface area contributed by atoms with Crippen LogP contribution in [0.3, 0.4) is 0 Å². The zero-order chi connectivity index (χ0) is 15.4. The summed E-state index contributed by atoms with van der Waals surface area (Å²) >= 11 is 0. The number of likely N-dealkylation sites (N-methyl/N-ethyl adjacent to an activating group) is 1. The SMILES string of the molecule is CNc1nc(C(C)C)nc(N(C)CCN2CCCC2)c1C. The first-order chi connectivity index (χ1) is 10.0. The second kappa shape index (κ2) is 7.07. The highest BCUT2D eigenvalue weighted by molar-refractivity contribution is 5.58. The molecule has 118 valence electrons. The van der Waals surface area contributed by atoms with Gasteiger partial charge in [0.05, 0.1) is 0 Å². The van der Waals surface area contributed by atoms with E-state index in [0.29, 0.717) is 5.92 Å². The fraction of sp³-hybridized carbons (Fsp3) is 0.750. The van der Waals surface area contributed by atoms with E-state index < -0.39 is 0 Å². The lowest BCUT2D eigenvalue weighted by Gasteiger charge is -2.25. The Balaban J connectivity index is 2.13. The van der Waals surface area contributed by atoms with E-state index in [0.717, 1.165) is 36.1 Å². The maximum absolute atomic E-state index is 4.78. The highest BCUT2D eigenvalue weighted by atomic mass is 15.2. The van der Waals surface area contributed by atoms with E-state index in [9.17, 15) is 0 Å². The van der Waals surface area contributed by atoms with Crippen molar-refractivity contribution >= 4 is 11.6 Å². The number of hydrogen-bond donors (Lipinski definition) is 1. The average molecular weight is 291 g/mol. The summed E-state index contributed by atoms with van der Waals surface area (Å²) in [7, 11) is 4.06. The van der Waals surface area contributed by atoms with E-state index in [4.69, 9.17) is 4.98 Å². The summed E-state index contributed by atoms with van der Waals surface area (Å²) in [4.78, 5) is 14.2. The second-order valence-electron chi connectivity index (χ2n) is 6.25. The third kappa shape index (κ3) is 3.84. The van der Waals surface area contributed by atoms with Crippen molar-refractivity contribution in [2.75, 3.05) is 50.5 Å². The smallest absolute Gasteiger partial charge is 0.137 e. The summed E-state index contributed by atoms with van der Waals surface area (Å²) in [6.45, 7) is 11.0. The summed E-state index contributed by atoms with van der Waals surface area (Å²) < 4.78 is 0. The zero-order valence-corrected chi connectivity index (χ0v) is 14.1. The van der Waals surface area contributed by atoms with Crippen LogP contribution in [0.2, 0.25) is 0 Å². The van der Waals surface area contributed by atoms with Crippen LogP contribution in [0, 0.1) is 6.92 Å². The van der Waals surface area contributed by atoms with Gasteiger partial charge in [0.25, 0.3) is 0 Å². The fourth-order valence-electron chi connectivity index (χ4n) is 2.80. The summed E-state index contributed by atoms with van der Waals surface area (Å²) in [6.07, 6.45) is 2.69. The minimum atomic E-state index is 0.337. The largest absolute Gasteiger partial charge is 0.373 e. The Morgan fingerprint density at radius 1 is 1.24 bits per heavy atom. The van der Waals surface area contributed by atoms with Gasteiger partial charge in [0, 0.05) is 38.7 Å². The Kier molecular flexibility index (Phi) is 5.39. The van der Waals surface area contributed by atoms with Gasteiger partial charge in [-0.15, -0.1) is 0 Å². The van der Waals surface area contributed by atoms with Crippen molar-refractivity contribution in [1.82, 2.24) is 14.9 Å². The predicted molar refractivity (Wildman–Crippen MR) is 89.3 cm³/mol. The summed E-state index contributed by atoms with van der Waals surface area (Å²) in [5.74, 6) is 3.24. The lowest BCUT2D eigenvalue weighted by molar-refractivity contribution is 0.346. The molecule has 5 heteroatoms. The molecule has 0 bridgehead atoms. The van der Waals surface area contributed by atoms with E-state index in [-0.39, 0.29) is 0 Å². The Hall–Kier alpha value is -1.36. The molecule has 0 saturated carbocycles. The quantitative estimate of drug-likeness (QED) is 0.872. The van der Waals surface area contributed by atoms with E-state index in [1.165, 1.54) is 25.9 Å². The predicted octanol–water partition coefficient (Wildman–Crippen LogP) is 2.48. The molecule has 1 aromatic rings. The number of nitrogens with one attached hydrogen (secondary N) is 1. The molecule has 1 aliphatic rings. The molecule has 1 aromatic heterocycles. The van der Waals surface area contributed by atoms with Crippen LogP contribution >= 0.6 is 0 Å². The normalized spacial score (nSPS) is 15.7. The molecule has 0 radical (unpaired) electrons. The molecule has 1 saturated heterocycles. The maximum atomic E-state index is 4.78. The fourth-order valence-corrected chi connectivity index (χ4v) is 2.80. The Labute approximate surface area is 128 Å². The first kappa shape index (κ1) is 16.0. The number of anilines is 2. The molecule has 0 aromatic carbocycles. The molecule has 21 heavy (non-hydrogen) atoms. The highest BCUT2D eigenvalue weighted by Crippen LogP contribution is 2.25. The summed E-state index contributed by atoms with van der Waals surface area (Å²) in [5, 5.41) is 3.19. The molecule has 2 rings (SSSR count). The number of rotatable bonds is 6. The molecule has 1 aliphatic heterocycles. The molecular weight excluding hydrogens is 262 g/mol. The topological polar surface area (TPSA) is 44.3 Å². The Bertz CT molecular complexity index is 466. The minimum absolute atomic E-state index is 0.337. The first-order valence-corrected chi connectivity index (χ1v) is 8.02. The summed E-state index contributed by atoms with van der Waals surface area (Å²) in [5.41, 5.74) is 1.13. The van der Waals surface area contributed by atoms with Crippen LogP contribution in [0.25, 0.3) is 0 Å². The van der Waals surface area contributed by atoms with Gasteiger partial charge in [-0.2, -0.15) is 0 Å². The molecule has 5 nitrogen and oxygen atoms in total. The molecule has 0 amide bonds. The lowest BCUT2D eigenvalue weighted by Crippen LogP contribution is -2.32. The van der Waals surface area contributed by atoms with Gasteiger partial charge in [0.2, 0.25) is 0 Å². The van der Waals surface area contributed by atoms with E-state index in [1.807, 2.05) is 7.05 Å². The Morgan fingerprint density at radius 3 is 2.48 bits per heavy atom. The number of aromatic nitrogens is 2. The van der Waals surface area contributed by atoms with E-state index >= 15 is 0 Å². The van der Waals surface area contributed by atoms with E-state index in [1.54, 1.807) is 0 Å². The van der Waals surface area contributed by atoms with Crippen molar-refractivity contribution in [2.24, 2.45) is 0 Å². The zero-order valence-electron chi connectivity index (χ0n) is 14.1. The Morgan fingerprint density at radius 2 is 1.90 bits per heavy atom. The second-order valence-corrected chi connectivity index (χ2v) is 6.25. The van der Waals surface area contributed by atoms with Crippen LogP contribution in [0.1, 0.15) is 44.0 Å². The standard InChI is InChI=1S/C16H29N5/c1-12(2)14-18-15(17-4)13(3)16(19-14)20(5)10-11-21-8-6-7-9-21/h12H,6-11H2,1-5H3,(H,17,18,19). The summed E-state index contributed by atoms with van der Waals surface area (Å²) in [6, 6.07) is 0. The van der Waals surface area contributed by atoms with Crippen molar-refractivity contribution in [3.63, 3.8) is 0 Å². The van der Waals surface area contributed by atoms with Crippen molar-refractivity contribution in [3.8, 4) is 0 Å². The van der Waals surface area contributed by atoms with Gasteiger partial charge in [-0.05, 0) is 32.9 Å². The van der Waals surface area contributed by atoms with Gasteiger partial charge in [-0.1, -0.05) is 13.8 Å². The number of likely N-dealkylation sites (tertiary alicyclic amines) is 1. The highest BCUT2D eigenvalue weighted by Gasteiger charge is 2.17. The minimum Gasteiger partial charge on any atom is -0.373 e. The average Bonchev–Trinajstić information content (AvgIpc) is 2.98. The molecule has 1 N–H and O–H groups in total. The van der Waals surface area contributed by atoms with Crippen LogP contribution in [0.15, 0.2) is 0 Å². The molecule has 0 unspecified atom stereocenters. The third-order valence-electron chi connectivity index (χ3n) is 4.20. The van der Waals surface area contributed by atoms with Gasteiger partial charge >= 0.3 is 0 Å². The van der Waals surface area contributed by atoms with Crippen LogP contribution in [0.4, 0.5) is 11.6 Å². The monoisotopic (exact) mass is 291 g/mol. The molecule has 0 atom stereocenters. The molecular formula is C16H29N5. The van der Waals surface area contributed by atoms with Crippen LogP contribution in [-0.4, -0.2) is 55.1 Å². The van der Waals surface area contributed by atoms with Crippen LogP contribution < -0.4 is 10.2 Å². The van der Waals surface area contributed by atoms with Crippen molar-refractivity contribution in [1.29, 1.82) is 0 Å². The molecule has 0 aliphatic carbocycles. The van der Waals surface area contributed by atoms with Crippen LogP contribution in [-0.2, 0) is 0 Å². The third-order valence-corrected chi connectivity index (χ3v) is 4.20. The van der Waals surface area contributed by atoms with E-state index in [2.05, 4.69) is 47.9 Å². The molecule has 2 heterocycles. The van der Waals surface area contributed by atoms with Gasteiger partial charge < -0.3 is 15.1 Å². The van der Waals surface area contributed by atoms with Gasteiger partial charge in [-0.3, -0.25) is 0 Å². The van der Waals surface area contributed by atoms with Gasteiger partial charge in [-0.25, -0.2) is 9.97 Å². The maximum Gasteiger partial charge on any atom is 0.137 e. The lowest BCUT2D eigenvalue weighted by atomic mass is 10.2. The van der Waals surface area contributed by atoms with Gasteiger partial charge in [0.15, 0.2) is 0 Å². The van der Waals surface area contributed by atoms with Crippen LogP contribution in [0.5, 0.6) is 0 Å². The number of nitrogens with zero attached hydrogens (tertiary/aromatic N) is 4. The number of hydrogen-bond acceptors (Lipinski definition) is 5.